The molecule has 1 aliphatic carbocycles. The first-order valence-corrected chi connectivity index (χ1v) is 10.0. The summed E-state index contributed by atoms with van der Waals surface area (Å²) in [6.07, 6.45) is 4.26. The number of ether oxygens (including phenoxy) is 2. The summed E-state index contributed by atoms with van der Waals surface area (Å²) in [5.41, 5.74) is 1.93. The quantitative estimate of drug-likeness (QED) is 0.633. The van der Waals surface area contributed by atoms with Crippen molar-refractivity contribution in [2.75, 3.05) is 26.4 Å². The Balaban J connectivity index is 1.68. The molecule has 1 fully saturated rings. The summed E-state index contributed by atoms with van der Waals surface area (Å²) in [4.78, 5) is 23.7. The molecule has 5 heteroatoms. The number of ketones is 1. The van der Waals surface area contributed by atoms with E-state index in [2.05, 4.69) is 5.32 Å². The van der Waals surface area contributed by atoms with E-state index >= 15 is 0 Å². The van der Waals surface area contributed by atoms with Crippen LogP contribution >= 0.6 is 0 Å². The van der Waals surface area contributed by atoms with Crippen molar-refractivity contribution in [3.63, 3.8) is 0 Å². The van der Waals surface area contributed by atoms with Gasteiger partial charge in [-0.25, -0.2) is 0 Å². The lowest BCUT2D eigenvalue weighted by molar-refractivity contribution is -0.121. The largest absolute Gasteiger partial charge is 0.377 e. The van der Waals surface area contributed by atoms with Crippen LogP contribution in [0.2, 0.25) is 0 Å². The van der Waals surface area contributed by atoms with Crippen LogP contribution in [0.1, 0.15) is 68.3 Å². The maximum atomic E-state index is 12.2. The van der Waals surface area contributed by atoms with Crippen molar-refractivity contribution in [1.82, 2.24) is 5.32 Å². The monoisotopic (exact) mass is 375 g/mol. The maximum Gasteiger partial charge on any atom is 0.251 e. The summed E-state index contributed by atoms with van der Waals surface area (Å²) < 4.78 is 10.8. The van der Waals surface area contributed by atoms with E-state index in [1.807, 2.05) is 38.1 Å². The standard InChI is InChI=1S/C22H33NO4/c1-16(2)27-15-14-26-13-12-23-22(25)21-10-8-20(9-11-21)19-6-4-18(5-7-19)17(3)24/h8-11,16,18-19H,4-7,12-15H2,1-3H3,(H,23,25). The van der Waals surface area contributed by atoms with E-state index in [4.69, 9.17) is 9.47 Å². The fourth-order valence-electron chi connectivity index (χ4n) is 3.52. The summed E-state index contributed by atoms with van der Waals surface area (Å²) >= 11 is 0. The van der Waals surface area contributed by atoms with Gasteiger partial charge < -0.3 is 14.8 Å². The molecular formula is C22H33NO4. The molecule has 0 bridgehead atoms. The fourth-order valence-corrected chi connectivity index (χ4v) is 3.52. The molecule has 0 unspecified atom stereocenters. The summed E-state index contributed by atoms with van der Waals surface area (Å²) in [6, 6.07) is 7.87. The van der Waals surface area contributed by atoms with Gasteiger partial charge in [-0.05, 0) is 70.1 Å². The van der Waals surface area contributed by atoms with Gasteiger partial charge in [0.2, 0.25) is 0 Å². The molecule has 0 saturated heterocycles. The lowest BCUT2D eigenvalue weighted by atomic mass is 9.77. The smallest absolute Gasteiger partial charge is 0.251 e. The first-order valence-electron chi connectivity index (χ1n) is 10.0. The zero-order valence-corrected chi connectivity index (χ0v) is 16.8. The molecule has 150 valence electrons. The number of nitrogens with one attached hydrogen (secondary N) is 1. The minimum atomic E-state index is -0.0798. The van der Waals surface area contributed by atoms with Gasteiger partial charge in [-0.1, -0.05) is 12.1 Å². The molecule has 0 atom stereocenters. The number of carbonyl (C=O) groups is 2. The Hall–Kier alpha value is -1.72. The highest BCUT2D eigenvalue weighted by atomic mass is 16.5. The van der Waals surface area contributed by atoms with Gasteiger partial charge >= 0.3 is 0 Å². The van der Waals surface area contributed by atoms with E-state index in [1.54, 1.807) is 6.92 Å². The van der Waals surface area contributed by atoms with Gasteiger partial charge in [0.25, 0.3) is 5.91 Å². The lowest BCUT2D eigenvalue weighted by Gasteiger charge is -2.27. The topological polar surface area (TPSA) is 64.6 Å². The van der Waals surface area contributed by atoms with Crippen molar-refractivity contribution in [2.24, 2.45) is 5.92 Å². The Morgan fingerprint density at radius 2 is 1.70 bits per heavy atom. The molecule has 0 spiro atoms. The Kier molecular flexibility index (Phi) is 8.95. The molecule has 27 heavy (non-hydrogen) atoms. The van der Waals surface area contributed by atoms with Crippen LogP contribution < -0.4 is 5.32 Å². The highest BCUT2D eigenvalue weighted by Gasteiger charge is 2.24. The number of benzene rings is 1. The average molecular weight is 376 g/mol. The van der Waals surface area contributed by atoms with E-state index in [0.29, 0.717) is 43.6 Å². The molecule has 1 N–H and O–H groups in total. The first-order chi connectivity index (χ1) is 13.0. The van der Waals surface area contributed by atoms with Crippen LogP contribution in [0.25, 0.3) is 0 Å². The van der Waals surface area contributed by atoms with Gasteiger partial charge in [0.05, 0.1) is 25.9 Å². The summed E-state index contributed by atoms with van der Waals surface area (Å²) in [7, 11) is 0. The Bertz CT molecular complexity index is 589. The second-order valence-corrected chi connectivity index (χ2v) is 7.57. The van der Waals surface area contributed by atoms with Gasteiger partial charge in [-0.2, -0.15) is 0 Å². The zero-order chi connectivity index (χ0) is 19.6. The number of Topliss-reactive ketones (excluding diaryl/α,β-unsaturated/α-hetero) is 1. The van der Waals surface area contributed by atoms with Gasteiger partial charge in [0.15, 0.2) is 0 Å². The third-order valence-corrected chi connectivity index (χ3v) is 5.16. The van der Waals surface area contributed by atoms with Crippen molar-refractivity contribution >= 4 is 11.7 Å². The molecule has 1 aromatic rings. The molecular weight excluding hydrogens is 342 g/mol. The van der Waals surface area contributed by atoms with E-state index in [0.717, 1.165) is 25.7 Å². The van der Waals surface area contributed by atoms with Crippen molar-refractivity contribution in [2.45, 2.75) is 58.5 Å². The normalized spacial score (nSPS) is 19.9. The Morgan fingerprint density at radius 3 is 2.30 bits per heavy atom. The molecule has 0 aromatic heterocycles. The maximum absolute atomic E-state index is 12.2. The predicted octanol–water partition coefficient (Wildman–Crippen LogP) is 3.72. The third-order valence-electron chi connectivity index (χ3n) is 5.16. The zero-order valence-electron chi connectivity index (χ0n) is 16.8. The highest BCUT2D eigenvalue weighted by Crippen LogP contribution is 2.36. The van der Waals surface area contributed by atoms with Gasteiger partial charge in [-0.3, -0.25) is 9.59 Å². The summed E-state index contributed by atoms with van der Waals surface area (Å²) in [5, 5.41) is 2.87. The van der Waals surface area contributed by atoms with Crippen molar-refractivity contribution in [3.8, 4) is 0 Å². The third kappa shape index (κ3) is 7.43. The van der Waals surface area contributed by atoms with Crippen LogP contribution in [-0.2, 0) is 14.3 Å². The molecule has 0 aliphatic heterocycles. The van der Waals surface area contributed by atoms with Gasteiger partial charge in [-0.15, -0.1) is 0 Å². The minimum absolute atomic E-state index is 0.0798. The lowest BCUT2D eigenvalue weighted by Crippen LogP contribution is -2.27. The van der Waals surface area contributed by atoms with E-state index in [1.165, 1.54) is 5.56 Å². The van der Waals surface area contributed by atoms with Crippen molar-refractivity contribution in [1.29, 1.82) is 0 Å². The Morgan fingerprint density at radius 1 is 1.04 bits per heavy atom. The predicted molar refractivity (Wildman–Crippen MR) is 106 cm³/mol. The van der Waals surface area contributed by atoms with Crippen LogP contribution in [0, 0.1) is 5.92 Å². The van der Waals surface area contributed by atoms with E-state index in [9.17, 15) is 9.59 Å². The summed E-state index contributed by atoms with van der Waals surface area (Å²) in [5.74, 6) is 0.977. The molecule has 1 amide bonds. The summed E-state index contributed by atoms with van der Waals surface area (Å²) in [6.45, 7) is 7.74. The van der Waals surface area contributed by atoms with Crippen LogP contribution in [0.3, 0.4) is 0 Å². The van der Waals surface area contributed by atoms with Crippen molar-refractivity contribution < 1.29 is 19.1 Å². The number of rotatable bonds is 10. The molecule has 1 aromatic carbocycles. The van der Waals surface area contributed by atoms with Crippen LogP contribution in [0.4, 0.5) is 0 Å². The number of hydrogen-bond acceptors (Lipinski definition) is 4. The number of hydrogen-bond donors (Lipinski definition) is 1. The Labute approximate surface area is 162 Å². The molecule has 0 heterocycles. The average Bonchev–Trinajstić information content (AvgIpc) is 2.67. The molecule has 2 rings (SSSR count). The first kappa shape index (κ1) is 21.6. The second kappa shape index (κ2) is 11.2. The van der Waals surface area contributed by atoms with Crippen LogP contribution in [-0.4, -0.2) is 44.2 Å². The molecule has 5 nitrogen and oxygen atoms in total. The second-order valence-electron chi connectivity index (χ2n) is 7.57. The van der Waals surface area contributed by atoms with Crippen molar-refractivity contribution in [3.05, 3.63) is 35.4 Å². The minimum Gasteiger partial charge on any atom is -0.377 e. The molecule has 0 radical (unpaired) electrons. The molecule has 1 saturated carbocycles. The van der Waals surface area contributed by atoms with E-state index < -0.39 is 0 Å². The fraction of sp³-hybridized carbons (Fsp3) is 0.636. The van der Waals surface area contributed by atoms with Crippen LogP contribution in [0.5, 0.6) is 0 Å². The van der Waals surface area contributed by atoms with Gasteiger partial charge in [0.1, 0.15) is 5.78 Å². The number of amides is 1. The number of carbonyl (C=O) groups excluding carboxylic acids is 2. The highest BCUT2D eigenvalue weighted by molar-refractivity contribution is 5.94. The van der Waals surface area contributed by atoms with Gasteiger partial charge in [0, 0.05) is 18.0 Å². The van der Waals surface area contributed by atoms with E-state index in [-0.39, 0.29) is 17.9 Å². The molecule has 1 aliphatic rings. The SMILES string of the molecule is CC(=O)C1CCC(c2ccc(C(=O)NCCOCCOC(C)C)cc2)CC1. The van der Waals surface area contributed by atoms with Crippen LogP contribution in [0.15, 0.2) is 24.3 Å².